The Bertz CT molecular complexity index is 427. The number of rotatable bonds is 4. The molecule has 1 saturated carbocycles. The Labute approximate surface area is 120 Å². The highest BCUT2D eigenvalue weighted by Gasteiger charge is 2.52. The predicted molar refractivity (Wildman–Crippen MR) is 79.7 cm³/mol. The van der Waals surface area contributed by atoms with Gasteiger partial charge in [0, 0.05) is 6.04 Å². The van der Waals surface area contributed by atoms with Crippen LogP contribution in [0.25, 0.3) is 0 Å². The number of nitrogens with one attached hydrogen (secondary N) is 1. The average molecular weight is 286 g/mol. The van der Waals surface area contributed by atoms with Crippen LogP contribution < -0.4 is 5.32 Å². The largest absolute Gasteiger partial charge is 0.316 e. The summed E-state index contributed by atoms with van der Waals surface area (Å²) in [4.78, 5) is 0. The molecule has 0 amide bonds. The van der Waals surface area contributed by atoms with E-state index in [0.29, 0.717) is 27.4 Å². The summed E-state index contributed by atoms with van der Waals surface area (Å²) < 4.78 is 0. The van der Waals surface area contributed by atoms with Crippen LogP contribution in [0.5, 0.6) is 0 Å². The predicted octanol–water partition coefficient (Wildman–Crippen LogP) is 4.88. The second-order valence-electron chi connectivity index (χ2n) is 5.24. The Hall–Kier alpha value is -0.240. The van der Waals surface area contributed by atoms with Crippen molar-refractivity contribution in [1.29, 1.82) is 0 Å². The van der Waals surface area contributed by atoms with E-state index in [-0.39, 0.29) is 0 Å². The van der Waals surface area contributed by atoms with Crippen molar-refractivity contribution in [3.8, 4) is 0 Å². The van der Waals surface area contributed by atoms with Crippen molar-refractivity contribution < 1.29 is 0 Å². The molecule has 1 aromatic carbocycles. The monoisotopic (exact) mass is 285 g/mol. The van der Waals surface area contributed by atoms with Gasteiger partial charge in [0.2, 0.25) is 0 Å². The fourth-order valence-corrected chi connectivity index (χ4v) is 3.93. The zero-order valence-corrected chi connectivity index (χ0v) is 12.8. The second kappa shape index (κ2) is 5.40. The third-order valence-electron chi connectivity index (χ3n) is 4.87. The molecule has 0 saturated heterocycles. The summed E-state index contributed by atoms with van der Waals surface area (Å²) in [7, 11) is 2.07. The molecule has 1 aliphatic rings. The van der Waals surface area contributed by atoms with Crippen molar-refractivity contribution in [1.82, 2.24) is 5.32 Å². The van der Waals surface area contributed by atoms with Crippen LogP contribution in [0, 0.1) is 5.41 Å². The maximum atomic E-state index is 6.14. The summed E-state index contributed by atoms with van der Waals surface area (Å²) in [5.74, 6) is 0.597. The molecule has 2 atom stereocenters. The summed E-state index contributed by atoms with van der Waals surface area (Å²) >= 11 is 12.1. The molecular formula is C15H21Cl2N. The third-order valence-corrected chi connectivity index (χ3v) is 5.61. The molecule has 1 nitrogen and oxygen atoms in total. The standard InChI is InChI=1S/C15H21Cl2N/c1-4-15(5-2)11(9-14(15)18-3)10-6-7-12(16)13(17)8-10/h6-8,11,14,18H,4-5,9H2,1-3H3. The summed E-state index contributed by atoms with van der Waals surface area (Å²) in [6.45, 7) is 4.58. The van der Waals surface area contributed by atoms with Gasteiger partial charge in [0.05, 0.1) is 10.0 Å². The van der Waals surface area contributed by atoms with Crippen molar-refractivity contribution in [3.05, 3.63) is 33.8 Å². The first kappa shape index (κ1) is 14.2. The Balaban J connectivity index is 2.31. The Morgan fingerprint density at radius 1 is 1.22 bits per heavy atom. The molecule has 2 unspecified atom stereocenters. The summed E-state index contributed by atoms with van der Waals surface area (Å²) in [5, 5.41) is 4.77. The van der Waals surface area contributed by atoms with E-state index in [9.17, 15) is 0 Å². The van der Waals surface area contributed by atoms with E-state index in [1.807, 2.05) is 12.1 Å². The highest BCUT2D eigenvalue weighted by atomic mass is 35.5. The van der Waals surface area contributed by atoms with Crippen LogP contribution in [-0.2, 0) is 0 Å². The molecule has 2 rings (SSSR count). The van der Waals surface area contributed by atoms with Crippen LogP contribution in [0.15, 0.2) is 18.2 Å². The highest BCUT2D eigenvalue weighted by Crippen LogP contribution is 2.57. The molecule has 3 heteroatoms. The van der Waals surface area contributed by atoms with Crippen LogP contribution in [-0.4, -0.2) is 13.1 Å². The van der Waals surface area contributed by atoms with Gasteiger partial charge in [-0.25, -0.2) is 0 Å². The van der Waals surface area contributed by atoms with Gasteiger partial charge in [-0.3, -0.25) is 0 Å². The van der Waals surface area contributed by atoms with E-state index in [0.717, 1.165) is 0 Å². The Kier molecular flexibility index (Phi) is 4.25. The highest BCUT2D eigenvalue weighted by molar-refractivity contribution is 6.42. The molecule has 1 aromatic rings. The lowest BCUT2D eigenvalue weighted by Gasteiger charge is -2.56. The van der Waals surface area contributed by atoms with Gasteiger partial charge < -0.3 is 5.32 Å². The van der Waals surface area contributed by atoms with Crippen molar-refractivity contribution >= 4 is 23.2 Å². The van der Waals surface area contributed by atoms with Crippen molar-refractivity contribution in [3.63, 3.8) is 0 Å². The molecule has 0 bridgehead atoms. The minimum Gasteiger partial charge on any atom is -0.316 e. The van der Waals surface area contributed by atoms with E-state index in [1.54, 1.807) is 0 Å². The molecule has 0 spiro atoms. The van der Waals surface area contributed by atoms with E-state index in [2.05, 4.69) is 32.3 Å². The quantitative estimate of drug-likeness (QED) is 0.832. The van der Waals surface area contributed by atoms with Gasteiger partial charge in [-0.15, -0.1) is 0 Å². The zero-order valence-electron chi connectivity index (χ0n) is 11.3. The maximum absolute atomic E-state index is 6.14. The normalized spacial score (nSPS) is 25.8. The van der Waals surface area contributed by atoms with Gasteiger partial charge in [-0.2, -0.15) is 0 Å². The fourth-order valence-electron chi connectivity index (χ4n) is 3.63. The van der Waals surface area contributed by atoms with E-state index in [4.69, 9.17) is 23.2 Å². The first-order chi connectivity index (χ1) is 8.58. The molecule has 0 radical (unpaired) electrons. The Morgan fingerprint density at radius 2 is 1.89 bits per heavy atom. The number of benzene rings is 1. The van der Waals surface area contributed by atoms with Crippen LogP contribution in [0.4, 0.5) is 0 Å². The fraction of sp³-hybridized carbons (Fsp3) is 0.600. The topological polar surface area (TPSA) is 12.0 Å². The van der Waals surface area contributed by atoms with Gasteiger partial charge in [0.1, 0.15) is 0 Å². The molecular weight excluding hydrogens is 265 g/mol. The van der Waals surface area contributed by atoms with Gasteiger partial charge in [-0.05, 0) is 55.3 Å². The van der Waals surface area contributed by atoms with Crippen LogP contribution in [0.2, 0.25) is 10.0 Å². The van der Waals surface area contributed by atoms with Crippen molar-refractivity contribution in [2.45, 2.75) is 45.1 Å². The van der Waals surface area contributed by atoms with Gasteiger partial charge in [-0.1, -0.05) is 43.1 Å². The lowest BCUT2D eigenvalue weighted by atomic mass is 9.52. The maximum Gasteiger partial charge on any atom is 0.0595 e. The summed E-state index contributed by atoms with van der Waals surface area (Å²) in [6, 6.07) is 6.71. The summed E-state index contributed by atoms with van der Waals surface area (Å²) in [6.07, 6.45) is 3.58. The Morgan fingerprint density at radius 3 is 2.39 bits per heavy atom. The minimum absolute atomic E-state index is 0.367. The molecule has 18 heavy (non-hydrogen) atoms. The van der Waals surface area contributed by atoms with E-state index < -0.39 is 0 Å². The van der Waals surface area contributed by atoms with Crippen molar-refractivity contribution in [2.75, 3.05) is 7.05 Å². The molecule has 1 aliphatic carbocycles. The van der Waals surface area contributed by atoms with Crippen LogP contribution in [0.1, 0.15) is 44.6 Å². The van der Waals surface area contributed by atoms with Crippen LogP contribution >= 0.6 is 23.2 Å². The molecule has 0 aliphatic heterocycles. The average Bonchev–Trinajstić information content (AvgIpc) is 2.35. The summed E-state index contributed by atoms with van der Waals surface area (Å²) in [5.41, 5.74) is 1.70. The lowest BCUT2D eigenvalue weighted by Crippen LogP contribution is -2.57. The molecule has 1 fully saturated rings. The SMILES string of the molecule is CCC1(CC)C(NC)CC1c1ccc(Cl)c(Cl)c1. The molecule has 1 N–H and O–H groups in total. The van der Waals surface area contributed by atoms with Crippen molar-refractivity contribution in [2.24, 2.45) is 5.41 Å². The lowest BCUT2D eigenvalue weighted by molar-refractivity contribution is 0.0246. The number of hydrogen-bond acceptors (Lipinski definition) is 1. The second-order valence-corrected chi connectivity index (χ2v) is 6.06. The van der Waals surface area contributed by atoms with Crippen LogP contribution in [0.3, 0.4) is 0 Å². The van der Waals surface area contributed by atoms with Gasteiger partial charge in [0.25, 0.3) is 0 Å². The zero-order chi connectivity index (χ0) is 13.3. The first-order valence-electron chi connectivity index (χ1n) is 6.71. The van der Waals surface area contributed by atoms with Gasteiger partial charge >= 0.3 is 0 Å². The third kappa shape index (κ3) is 2.07. The minimum atomic E-state index is 0.367. The smallest absolute Gasteiger partial charge is 0.0595 e. The molecule has 100 valence electrons. The van der Waals surface area contributed by atoms with Gasteiger partial charge in [0.15, 0.2) is 0 Å². The first-order valence-corrected chi connectivity index (χ1v) is 7.46. The molecule has 0 heterocycles. The molecule has 0 aromatic heterocycles. The van der Waals surface area contributed by atoms with E-state index in [1.165, 1.54) is 24.8 Å². The number of hydrogen-bond donors (Lipinski definition) is 1. The van der Waals surface area contributed by atoms with E-state index >= 15 is 0 Å². The number of halogens is 2.